The van der Waals surface area contributed by atoms with Gasteiger partial charge in [0.15, 0.2) is 23.2 Å². The number of nitrogen functional groups attached to an aromatic ring is 2. The summed E-state index contributed by atoms with van der Waals surface area (Å²) >= 11 is 2.24. The van der Waals surface area contributed by atoms with Gasteiger partial charge in [0.25, 0.3) is 0 Å². The third-order valence-electron chi connectivity index (χ3n) is 12.2. The van der Waals surface area contributed by atoms with Crippen LogP contribution in [0, 0.1) is 27.8 Å². The van der Waals surface area contributed by atoms with Crippen LogP contribution in [0.3, 0.4) is 0 Å². The third kappa shape index (κ3) is 13.3. The van der Waals surface area contributed by atoms with E-state index in [1.54, 1.807) is 58.3 Å². The molecule has 10 rings (SSSR count). The van der Waals surface area contributed by atoms with Gasteiger partial charge in [0.1, 0.15) is 0 Å². The number of aromatic nitrogens is 4. The molecule has 0 bridgehead atoms. The number of carbonyl (C=O) groups is 2. The number of rotatable bonds is 8. The number of ketones is 2. The number of H-pyrrole nitrogens is 2. The van der Waals surface area contributed by atoms with Crippen LogP contribution < -0.4 is 21.3 Å². The highest BCUT2D eigenvalue weighted by Gasteiger charge is 2.37. The van der Waals surface area contributed by atoms with E-state index in [2.05, 4.69) is 60.7 Å². The van der Waals surface area contributed by atoms with Crippen LogP contribution in [0.15, 0.2) is 121 Å². The van der Waals surface area contributed by atoms with Gasteiger partial charge in [0.05, 0.1) is 59.4 Å². The molecule has 0 aliphatic carbocycles. The number of hydrogen-bond donors (Lipinski definition) is 4. The van der Waals surface area contributed by atoms with Crippen molar-refractivity contribution < 1.29 is 45.4 Å². The van der Waals surface area contributed by atoms with E-state index in [-0.39, 0.29) is 41.1 Å². The molecule has 0 amide bonds. The molecule has 6 aromatic carbocycles. The van der Waals surface area contributed by atoms with E-state index >= 15 is 0 Å². The summed E-state index contributed by atoms with van der Waals surface area (Å²) in [4.78, 5) is 28.8. The van der Waals surface area contributed by atoms with Gasteiger partial charge < -0.3 is 30.7 Å². The molecule has 0 atom stereocenters. The molecule has 0 unspecified atom stereocenters. The summed E-state index contributed by atoms with van der Waals surface area (Å²) < 4.78 is 93.9. The highest BCUT2D eigenvalue weighted by molar-refractivity contribution is 14.1. The summed E-state index contributed by atoms with van der Waals surface area (Å²) in [6.07, 6.45) is -3.85. The van der Waals surface area contributed by atoms with Crippen LogP contribution in [0.4, 0.5) is 49.4 Å². The number of benzene rings is 6. The molecule has 75 heavy (non-hydrogen) atoms. The topological polar surface area (TPSA) is 168 Å². The molecule has 19 heteroatoms. The molecule has 12 nitrogen and oxygen atoms in total. The molecule has 4 heterocycles. The lowest BCUT2D eigenvalue weighted by molar-refractivity contribution is -0.138. The number of morpholine rings is 2. The monoisotopic (exact) mass is 1140 g/mol. The molecule has 0 spiro atoms. The lowest BCUT2D eigenvalue weighted by atomic mass is 9.98. The van der Waals surface area contributed by atoms with Gasteiger partial charge in [0, 0.05) is 81.8 Å². The Labute approximate surface area is 440 Å². The second kappa shape index (κ2) is 23.6. The van der Waals surface area contributed by atoms with E-state index in [9.17, 15) is 35.9 Å². The predicted octanol–water partition coefficient (Wildman–Crippen LogP) is 10.5. The van der Waals surface area contributed by atoms with Crippen molar-refractivity contribution in [2.45, 2.75) is 25.2 Å². The number of halogens is 7. The number of nitrogens with zero attached hydrogens (tertiary/aromatic N) is 4. The molecular weight excluding hydrogens is 1090 g/mol. The Kier molecular flexibility index (Phi) is 16.8. The Hall–Kier alpha value is -7.85. The summed E-state index contributed by atoms with van der Waals surface area (Å²) in [6.45, 7) is 2.99. The maximum Gasteiger partial charge on any atom is 0.418 e. The quantitative estimate of drug-likeness (QED) is 0.0497. The number of terminal acetylenes is 1. The van der Waals surface area contributed by atoms with E-state index in [0.717, 1.165) is 37.5 Å². The number of anilines is 4. The van der Waals surface area contributed by atoms with Crippen molar-refractivity contribution in [1.82, 2.24) is 20.4 Å². The summed E-state index contributed by atoms with van der Waals surface area (Å²) in [5.41, 5.74) is 15.3. The van der Waals surface area contributed by atoms with Crippen molar-refractivity contribution in [2.24, 2.45) is 0 Å². The molecule has 2 aliphatic heterocycles. The molecule has 0 saturated carbocycles. The Morgan fingerprint density at radius 2 is 1.05 bits per heavy atom. The molecule has 2 aliphatic rings. The van der Waals surface area contributed by atoms with Crippen LogP contribution in [0.25, 0.3) is 21.8 Å². The highest BCUT2D eigenvalue weighted by atomic mass is 127. The van der Waals surface area contributed by atoms with E-state index in [1.165, 1.54) is 24.3 Å². The number of nitrogens with one attached hydrogen (secondary N) is 2. The van der Waals surface area contributed by atoms with Crippen LogP contribution in [0.5, 0.6) is 0 Å². The van der Waals surface area contributed by atoms with Gasteiger partial charge in [-0.1, -0.05) is 54.2 Å². The Balaban J connectivity index is 0.000000170. The van der Waals surface area contributed by atoms with E-state index in [1.807, 2.05) is 36.4 Å². The highest BCUT2D eigenvalue weighted by Crippen LogP contribution is 2.39. The largest absolute Gasteiger partial charge is 0.418 e. The van der Waals surface area contributed by atoms with Gasteiger partial charge in [-0.2, -0.15) is 36.5 Å². The first-order chi connectivity index (χ1) is 36.0. The van der Waals surface area contributed by atoms with Crippen LogP contribution in [-0.2, 0) is 34.7 Å². The van der Waals surface area contributed by atoms with Crippen molar-refractivity contribution in [3.05, 3.63) is 175 Å². The predicted molar refractivity (Wildman–Crippen MR) is 286 cm³/mol. The lowest BCUT2D eigenvalue weighted by Crippen LogP contribution is -2.37. The Morgan fingerprint density at radius 1 is 0.600 bits per heavy atom. The number of carbonyl (C=O) groups excluding carboxylic acids is 2. The van der Waals surface area contributed by atoms with E-state index in [0.29, 0.717) is 92.1 Å². The normalized spacial score (nSPS) is 13.7. The Bertz CT molecular complexity index is 3470. The van der Waals surface area contributed by atoms with Crippen molar-refractivity contribution in [3.8, 4) is 24.2 Å². The fourth-order valence-electron chi connectivity index (χ4n) is 8.53. The number of nitrogens with two attached hydrogens (primary N) is 2. The molecule has 8 aromatic rings. The first-order valence-electron chi connectivity index (χ1n) is 23.4. The molecule has 2 aromatic heterocycles. The summed E-state index contributed by atoms with van der Waals surface area (Å²) in [7, 11) is 0. The molecule has 2 saturated heterocycles. The van der Waals surface area contributed by atoms with Crippen molar-refractivity contribution in [3.63, 3.8) is 0 Å². The van der Waals surface area contributed by atoms with Crippen molar-refractivity contribution in [1.29, 1.82) is 0 Å². The van der Waals surface area contributed by atoms with Crippen molar-refractivity contribution in [2.75, 3.05) is 73.9 Å². The molecule has 384 valence electrons. The van der Waals surface area contributed by atoms with Gasteiger partial charge in [-0.25, -0.2) is 0 Å². The van der Waals surface area contributed by atoms with Crippen molar-refractivity contribution >= 4 is 79.0 Å². The average Bonchev–Trinajstić information content (AvgIpc) is 4.00. The zero-order valence-electron chi connectivity index (χ0n) is 39.9. The number of aromatic amines is 2. The third-order valence-corrected chi connectivity index (χ3v) is 13.1. The number of ether oxygens (including phenoxy) is 2. The number of hydrogen-bond acceptors (Lipinski definition) is 10. The van der Waals surface area contributed by atoms with Crippen LogP contribution in [0.2, 0.25) is 0 Å². The lowest BCUT2D eigenvalue weighted by Gasteiger charge is -2.31. The Morgan fingerprint density at radius 3 is 1.55 bits per heavy atom. The number of fused-ring (bicyclic) bond motifs is 2. The van der Waals surface area contributed by atoms with Crippen LogP contribution in [-0.4, -0.2) is 84.6 Å². The van der Waals surface area contributed by atoms with Gasteiger partial charge in [0.2, 0.25) is 0 Å². The second-order valence-corrected chi connectivity index (χ2v) is 18.4. The molecule has 6 N–H and O–H groups in total. The zero-order valence-corrected chi connectivity index (χ0v) is 42.1. The number of Topliss-reactive ketones (excluding diaryl/α,β-unsaturated/α-hetero) is 2. The molecular formula is C56H47F6IN8O4. The zero-order chi connectivity index (χ0) is 53.3. The maximum absolute atomic E-state index is 13.9. The van der Waals surface area contributed by atoms with E-state index < -0.39 is 29.3 Å². The van der Waals surface area contributed by atoms with Gasteiger partial charge >= 0.3 is 12.4 Å². The molecule has 2 fully saturated rings. The summed E-state index contributed by atoms with van der Waals surface area (Å²) in [5, 5.41) is 15.4. The fourth-order valence-corrected chi connectivity index (χ4v) is 9.31. The second-order valence-electron chi connectivity index (χ2n) is 17.3. The minimum Gasteiger partial charge on any atom is -0.382 e. The molecule has 0 radical (unpaired) electrons. The standard InChI is InChI=1S/C28H23F3N4O2.C21H18F3NO2.C7H6IN3/c29-28(30,31)22-17-21(9-10-24(22)35-11-13-37-14-12-35)25(36)16-19-4-1-3-18(15-19)7-8-20-5-2-6-23-26(20)27(32)34-33-23;1-2-15-4-3-5-16(12-15)13-20(26)17-6-7-19(18(14-17)21(22,23)24)25-8-10-27-11-9-25;8-4-2-1-3-5-6(4)7(9)11-10-5/h1-6,9-10,15,17H,11-14,16H2,(H3,32,33,34);1,3-7,12,14H,8-11,13H2;1-3H,(H3,9,10,11). The van der Waals surface area contributed by atoms with Crippen LogP contribution in [0.1, 0.15) is 59.7 Å². The van der Waals surface area contributed by atoms with Crippen LogP contribution >= 0.6 is 22.6 Å². The first kappa shape index (κ1) is 53.4. The SMILES string of the molecule is C#Cc1cccc(CC(=O)c2ccc(N3CCOCC3)c(C(F)(F)F)c2)c1.Nc1n[nH]c2cccc(C#Cc3cccc(CC(=O)c4ccc(N5CCOCC5)c(C(F)(F)F)c4)c3)c12.Nc1n[nH]c2cccc(I)c12. The number of alkyl halides is 6. The van der Waals surface area contributed by atoms with Gasteiger partial charge in [-0.05, 0) is 119 Å². The fraction of sp³-hybridized carbons (Fsp3) is 0.214. The minimum absolute atomic E-state index is 0.0102. The average molecular weight is 1140 g/mol. The maximum atomic E-state index is 13.9. The van der Waals surface area contributed by atoms with Gasteiger partial charge in [-0.15, -0.1) is 6.42 Å². The smallest absolute Gasteiger partial charge is 0.382 e. The first-order valence-corrected chi connectivity index (χ1v) is 24.5. The minimum atomic E-state index is -4.58. The van der Waals surface area contributed by atoms with E-state index in [4.69, 9.17) is 27.4 Å². The summed E-state index contributed by atoms with van der Waals surface area (Å²) in [6, 6.07) is 33.0. The van der Waals surface area contributed by atoms with Gasteiger partial charge in [-0.3, -0.25) is 19.8 Å². The summed E-state index contributed by atoms with van der Waals surface area (Å²) in [5.74, 6) is 8.79.